The number of fused-ring (bicyclic) bond motifs is 3. The van der Waals surface area contributed by atoms with Gasteiger partial charge in [-0.05, 0) is 138 Å². The van der Waals surface area contributed by atoms with E-state index in [2.05, 4.69) is 263 Å². The first-order chi connectivity index (χ1) is 38.1. The van der Waals surface area contributed by atoms with Gasteiger partial charge in [0.15, 0.2) is 5.82 Å². The molecule has 13 rings (SSSR count). The molecule has 6 heteroatoms. The molecule has 0 N–H and O–H groups in total. The summed E-state index contributed by atoms with van der Waals surface area (Å²) in [4.78, 5) is 14.6. The largest absolute Gasteiger partial charge is 0.310 e. The topological polar surface area (TPSA) is 61.0 Å². The summed E-state index contributed by atoms with van der Waals surface area (Å²) < 4.78 is 2.40. The molecule has 0 aliphatic carbocycles. The first-order valence-corrected chi connectivity index (χ1v) is 25.8. The molecule has 0 bridgehead atoms. The van der Waals surface area contributed by atoms with Crippen molar-refractivity contribution in [3.63, 3.8) is 0 Å². The van der Waals surface area contributed by atoms with Gasteiger partial charge in [0, 0.05) is 67.3 Å². The Morgan fingerprint density at radius 3 is 1.08 bits per heavy atom. The zero-order valence-corrected chi connectivity index (χ0v) is 41.9. The van der Waals surface area contributed by atoms with Gasteiger partial charge < -0.3 is 14.4 Å². The standard InChI is InChI=1S/C71H48N6/c72-49-50-17-16-20-57(45-50)71-73-67(55-18-6-1-7-19-55)48-68(74-71)56-35-33-53(34-36-56)51-29-31-52(32-30-51)54-37-39-62(40-38-54)77-69-43-41-63(75(58-21-8-2-9-22-58)59-23-10-3-11-24-59)46-65(69)66-47-64(42-44-70(66)77)76(60-25-12-4-13-26-60)61-27-14-5-15-28-61/h1-48H. The van der Waals surface area contributed by atoms with Crippen LogP contribution in [0.2, 0.25) is 0 Å². The smallest absolute Gasteiger partial charge is 0.160 e. The van der Waals surface area contributed by atoms with Crippen LogP contribution >= 0.6 is 0 Å². The second kappa shape index (κ2) is 20.4. The maximum absolute atomic E-state index is 9.61. The van der Waals surface area contributed by atoms with E-state index in [4.69, 9.17) is 9.97 Å². The molecule has 0 saturated heterocycles. The Bertz CT molecular complexity index is 4010. The highest BCUT2D eigenvalue weighted by Crippen LogP contribution is 2.43. The predicted molar refractivity (Wildman–Crippen MR) is 318 cm³/mol. The lowest BCUT2D eigenvalue weighted by molar-refractivity contribution is 1.18. The van der Waals surface area contributed by atoms with Crippen LogP contribution in [-0.4, -0.2) is 14.5 Å². The molecule has 0 aliphatic rings. The Balaban J connectivity index is 0.841. The van der Waals surface area contributed by atoms with E-state index in [0.29, 0.717) is 11.4 Å². The van der Waals surface area contributed by atoms with Crippen LogP contribution in [0.4, 0.5) is 34.1 Å². The van der Waals surface area contributed by atoms with E-state index < -0.39 is 0 Å². The molecule has 0 unspecified atom stereocenters. The molecular formula is C71H48N6. The monoisotopic (exact) mass is 984 g/mol. The summed E-state index contributed by atoms with van der Waals surface area (Å²) in [7, 11) is 0. The van der Waals surface area contributed by atoms with Crippen molar-refractivity contribution < 1.29 is 0 Å². The van der Waals surface area contributed by atoms with Gasteiger partial charge in [0.05, 0.1) is 34.1 Å². The molecule has 0 fully saturated rings. The first kappa shape index (κ1) is 46.2. The van der Waals surface area contributed by atoms with Crippen molar-refractivity contribution in [1.29, 1.82) is 5.26 Å². The summed E-state index contributed by atoms with van der Waals surface area (Å²) in [6.07, 6.45) is 0. The SMILES string of the molecule is N#Cc1cccc(-c2nc(-c3ccccc3)cc(-c3ccc(-c4ccc(-c5ccc(-n6c7ccc(N(c8ccccc8)c8ccccc8)cc7c7cc(N(c8ccccc8)c8ccccc8)ccc76)cc5)cc4)cc3)n2)c1. The molecular weight excluding hydrogens is 937 g/mol. The van der Waals surface area contributed by atoms with Crippen LogP contribution in [-0.2, 0) is 0 Å². The van der Waals surface area contributed by atoms with Crippen LogP contribution in [0.1, 0.15) is 5.56 Å². The highest BCUT2D eigenvalue weighted by atomic mass is 15.1. The highest BCUT2D eigenvalue weighted by Gasteiger charge is 2.21. The van der Waals surface area contributed by atoms with E-state index in [-0.39, 0.29) is 0 Å². The minimum atomic E-state index is 0.569. The average Bonchev–Trinajstić information content (AvgIpc) is 3.92. The molecule has 0 aliphatic heterocycles. The third kappa shape index (κ3) is 9.16. The first-order valence-electron chi connectivity index (χ1n) is 25.8. The average molecular weight is 985 g/mol. The van der Waals surface area contributed by atoms with Gasteiger partial charge in [0.25, 0.3) is 0 Å². The molecule has 0 saturated carbocycles. The third-order valence-corrected chi connectivity index (χ3v) is 14.2. The van der Waals surface area contributed by atoms with Gasteiger partial charge >= 0.3 is 0 Å². The number of aromatic nitrogens is 3. The van der Waals surface area contributed by atoms with Crippen molar-refractivity contribution in [2.24, 2.45) is 0 Å². The Morgan fingerprint density at radius 2 is 0.662 bits per heavy atom. The number of rotatable bonds is 12. The summed E-state index contributed by atoms with van der Waals surface area (Å²) in [5.41, 5.74) is 19.4. The molecule has 362 valence electrons. The quantitative estimate of drug-likeness (QED) is 0.122. The lowest BCUT2D eigenvalue weighted by atomic mass is 9.98. The number of benzene rings is 11. The van der Waals surface area contributed by atoms with Crippen LogP contribution in [0.25, 0.3) is 83.6 Å². The molecule has 11 aromatic carbocycles. The van der Waals surface area contributed by atoms with E-state index in [1.54, 1.807) is 6.07 Å². The van der Waals surface area contributed by atoms with Gasteiger partial charge in [-0.2, -0.15) is 5.26 Å². The molecule has 0 radical (unpaired) electrons. The van der Waals surface area contributed by atoms with E-state index in [0.717, 1.165) is 112 Å². The van der Waals surface area contributed by atoms with E-state index in [1.807, 2.05) is 42.5 Å². The molecule has 0 atom stereocenters. The lowest BCUT2D eigenvalue weighted by Crippen LogP contribution is -2.09. The van der Waals surface area contributed by atoms with Crippen LogP contribution < -0.4 is 9.80 Å². The summed E-state index contributed by atoms with van der Waals surface area (Å²) >= 11 is 0. The molecule has 2 aromatic heterocycles. The molecule has 0 amide bonds. The van der Waals surface area contributed by atoms with Crippen LogP contribution in [0.3, 0.4) is 0 Å². The van der Waals surface area contributed by atoms with E-state index >= 15 is 0 Å². The third-order valence-electron chi connectivity index (χ3n) is 14.2. The lowest BCUT2D eigenvalue weighted by Gasteiger charge is -2.26. The van der Waals surface area contributed by atoms with Gasteiger partial charge in [-0.15, -0.1) is 0 Å². The summed E-state index contributed by atoms with van der Waals surface area (Å²) in [6, 6.07) is 104. The van der Waals surface area contributed by atoms with E-state index in [1.165, 1.54) is 0 Å². The van der Waals surface area contributed by atoms with Gasteiger partial charge in [0.2, 0.25) is 0 Å². The van der Waals surface area contributed by atoms with Gasteiger partial charge in [0.1, 0.15) is 0 Å². The fourth-order valence-electron chi connectivity index (χ4n) is 10.5. The fourth-order valence-corrected chi connectivity index (χ4v) is 10.5. The normalized spacial score (nSPS) is 11.1. The van der Waals surface area contributed by atoms with Crippen molar-refractivity contribution in [3.05, 3.63) is 297 Å². The minimum Gasteiger partial charge on any atom is -0.310 e. The Kier molecular flexibility index (Phi) is 12.2. The fraction of sp³-hybridized carbons (Fsp3) is 0. The molecule has 77 heavy (non-hydrogen) atoms. The summed E-state index contributed by atoms with van der Waals surface area (Å²) in [5.74, 6) is 0.577. The van der Waals surface area contributed by atoms with Crippen molar-refractivity contribution in [3.8, 4) is 67.9 Å². The second-order valence-corrected chi connectivity index (χ2v) is 19.0. The Morgan fingerprint density at radius 1 is 0.299 bits per heavy atom. The van der Waals surface area contributed by atoms with Crippen LogP contribution in [0.15, 0.2) is 291 Å². The zero-order valence-electron chi connectivity index (χ0n) is 41.9. The predicted octanol–water partition coefficient (Wildman–Crippen LogP) is 18.7. The second-order valence-electron chi connectivity index (χ2n) is 19.0. The number of hydrogen-bond donors (Lipinski definition) is 0. The molecule has 6 nitrogen and oxygen atoms in total. The number of anilines is 6. The number of hydrogen-bond acceptors (Lipinski definition) is 5. The van der Waals surface area contributed by atoms with Crippen LogP contribution in [0.5, 0.6) is 0 Å². The van der Waals surface area contributed by atoms with Crippen molar-refractivity contribution >= 4 is 55.9 Å². The van der Waals surface area contributed by atoms with E-state index in [9.17, 15) is 5.26 Å². The van der Waals surface area contributed by atoms with Gasteiger partial charge in [-0.25, -0.2) is 9.97 Å². The van der Waals surface area contributed by atoms with Gasteiger partial charge in [-0.3, -0.25) is 0 Å². The summed E-state index contributed by atoms with van der Waals surface area (Å²) in [6.45, 7) is 0. The highest BCUT2D eigenvalue weighted by molar-refractivity contribution is 6.12. The molecule has 13 aromatic rings. The number of nitrogens with zero attached hydrogens (tertiary/aromatic N) is 6. The zero-order chi connectivity index (χ0) is 51.5. The van der Waals surface area contributed by atoms with Crippen LogP contribution in [0, 0.1) is 11.3 Å². The Hall–Kier alpha value is -10.6. The Labute approximate surface area is 448 Å². The summed E-state index contributed by atoms with van der Waals surface area (Å²) in [5, 5.41) is 11.9. The minimum absolute atomic E-state index is 0.569. The maximum Gasteiger partial charge on any atom is 0.160 e. The van der Waals surface area contributed by atoms with Crippen molar-refractivity contribution in [2.75, 3.05) is 9.80 Å². The molecule has 2 heterocycles. The van der Waals surface area contributed by atoms with Crippen molar-refractivity contribution in [1.82, 2.24) is 14.5 Å². The van der Waals surface area contributed by atoms with Gasteiger partial charge in [-0.1, -0.05) is 176 Å². The molecule has 0 spiro atoms. The maximum atomic E-state index is 9.61. The number of para-hydroxylation sites is 4. The van der Waals surface area contributed by atoms with Crippen molar-refractivity contribution in [2.45, 2.75) is 0 Å². The number of nitriles is 1.